The highest BCUT2D eigenvalue weighted by atomic mass is 35.5. The summed E-state index contributed by atoms with van der Waals surface area (Å²) in [6.07, 6.45) is 1.63. The fourth-order valence-corrected chi connectivity index (χ4v) is 5.70. The summed E-state index contributed by atoms with van der Waals surface area (Å²) in [6.45, 7) is 3.31. The Labute approximate surface area is 251 Å². The zero-order valence-electron chi connectivity index (χ0n) is 24.0. The van der Waals surface area contributed by atoms with Crippen LogP contribution in [0.1, 0.15) is 32.3 Å². The van der Waals surface area contributed by atoms with Gasteiger partial charge in [-0.2, -0.15) is 0 Å². The molecule has 0 spiro atoms. The molecule has 3 aromatic rings. The van der Waals surface area contributed by atoms with Gasteiger partial charge in [-0.3, -0.25) is 13.9 Å². The number of ether oxygens (including phenoxy) is 2. The summed E-state index contributed by atoms with van der Waals surface area (Å²) >= 11 is 6.06. The zero-order chi connectivity index (χ0) is 30.9. The molecule has 1 atom stereocenters. The standard InChI is InChI=1S/C30H35ClFN3O6S/c1-5-6-17-33-30(37)21(2)34(19-22-7-11-24(32)12-8-22)29(36)20-35(25-13-9-23(31)10-14-25)42(38,39)26-15-16-27(40-3)28(18-26)41-4/h7-16,18,21H,5-6,17,19-20H2,1-4H3,(H,33,37). The average molecular weight is 620 g/mol. The maximum absolute atomic E-state index is 14.0. The highest BCUT2D eigenvalue weighted by Gasteiger charge is 2.33. The molecule has 0 aliphatic carbocycles. The van der Waals surface area contributed by atoms with Crippen molar-refractivity contribution in [3.63, 3.8) is 0 Å². The SMILES string of the molecule is CCCCNC(=O)C(C)N(Cc1ccc(F)cc1)C(=O)CN(c1ccc(Cl)cc1)S(=O)(=O)c1ccc(OC)c(OC)c1. The largest absolute Gasteiger partial charge is 0.493 e. The van der Waals surface area contributed by atoms with Crippen molar-refractivity contribution in [3.05, 3.63) is 83.1 Å². The summed E-state index contributed by atoms with van der Waals surface area (Å²) in [5, 5.41) is 3.20. The fraction of sp³-hybridized carbons (Fsp3) is 0.333. The van der Waals surface area contributed by atoms with Gasteiger partial charge in [0.15, 0.2) is 11.5 Å². The van der Waals surface area contributed by atoms with Crippen LogP contribution in [0.2, 0.25) is 5.02 Å². The molecule has 3 aromatic carbocycles. The maximum Gasteiger partial charge on any atom is 0.264 e. The van der Waals surface area contributed by atoms with E-state index in [0.29, 0.717) is 22.9 Å². The third-order valence-electron chi connectivity index (χ3n) is 6.60. The second kappa shape index (κ2) is 14.9. The van der Waals surface area contributed by atoms with E-state index >= 15 is 0 Å². The molecule has 42 heavy (non-hydrogen) atoms. The van der Waals surface area contributed by atoms with Gasteiger partial charge < -0.3 is 19.7 Å². The summed E-state index contributed by atoms with van der Waals surface area (Å²) in [6, 6.07) is 14.7. The molecule has 2 amide bonds. The molecule has 0 aromatic heterocycles. The van der Waals surface area contributed by atoms with Crippen molar-refractivity contribution in [1.82, 2.24) is 10.2 Å². The van der Waals surface area contributed by atoms with Gasteiger partial charge in [0.05, 0.1) is 24.8 Å². The van der Waals surface area contributed by atoms with Crippen LogP contribution in [0.25, 0.3) is 0 Å². The fourth-order valence-electron chi connectivity index (χ4n) is 4.15. The molecule has 0 fully saturated rings. The van der Waals surface area contributed by atoms with Crippen LogP contribution in [0.15, 0.2) is 71.6 Å². The van der Waals surface area contributed by atoms with Crippen molar-refractivity contribution in [3.8, 4) is 11.5 Å². The smallest absolute Gasteiger partial charge is 0.264 e. The number of amides is 2. The van der Waals surface area contributed by atoms with Gasteiger partial charge in [0.1, 0.15) is 18.4 Å². The first kappa shape index (κ1) is 32.7. The highest BCUT2D eigenvalue weighted by Crippen LogP contribution is 2.32. The molecule has 0 radical (unpaired) electrons. The van der Waals surface area contributed by atoms with Crippen molar-refractivity contribution in [2.45, 2.75) is 44.2 Å². The van der Waals surface area contributed by atoms with E-state index in [4.69, 9.17) is 21.1 Å². The lowest BCUT2D eigenvalue weighted by atomic mass is 10.1. The van der Waals surface area contributed by atoms with Crippen molar-refractivity contribution < 1.29 is 31.9 Å². The molecule has 3 rings (SSSR count). The quantitative estimate of drug-likeness (QED) is 0.254. The minimum atomic E-state index is -4.34. The Morgan fingerprint density at radius 2 is 1.62 bits per heavy atom. The Morgan fingerprint density at radius 1 is 0.976 bits per heavy atom. The zero-order valence-corrected chi connectivity index (χ0v) is 25.5. The van der Waals surface area contributed by atoms with Crippen LogP contribution >= 0.6 is 11.6 Å². The first-order chi connectivity index (χ1) is 20.0. The van der Waals surface area contributed by atoms with E-state index in [1.54, 1.807) is 6.92 Å². The molecule has 1 N–H and O–H groups in total. The summed E-state index contributed by atoms with van der Waals surface area (Å²) < 4.78 is 53.1. The van der Waals surface area contributed by atoms with Crippen molar-refractivity contribution >= 4 is 39.1 Å². The topological polar surface area (TPSA) is 105 Å². The van der Waals surface area contributed by atoms with E-state index in [-0.39, 0.29) is 28.8 Å². The molecular formula is C30H35ClFN3O6S. The minimum Gasteiger partial charge on any atom is -0.493 e. The predicted octanol–water partition coefficient (Wildman–Crippen LogP) is 5.03. The van der Waals surface area contributed by atoms with Crippen molar-refractivity contribution in [2.24, 2.45) is 0 Å². The summed E-state index contributed by atoms with van der Waals surface area (Å²) in [5.74, 6) is -0.955. The lowest BCUT2D eigenvalue weighted by Crippen LogP contribution is -2.51. The van der Waals surface area contributed by atoms with E-state index in [0.717, 1.165) is 17.1 Å². The summed E-state index contributed by atoms with van der Waals surface area (Å²) in [7, 11) is -1.52. The number of anilines is 1. The van der Waals surface area contributed by atoms with Gasteiger partial charge in [-0.25, -0.2) is 12.8 Å². The third-order valence-corrected chi connectivity index (χ3v) is 8.62. The number of carbonyl (C=O) groups is 2. The Kier molecular flexibility index (Phi) is 11.6. The number of unbranched alkanes of at least 4 members (excludes halogenated alkanes) is 1. The summed E-state index contributed by atoms with van der Waals surface area (Å²) in [5.41, 5.74) is 0.753. The van der Waals surface area contributed by atoms with Crippen LogP contribution in [0.4, 0.5) is 10.1 Å². The Balaban J connectivity index is 2.03. The molecule has 0 aliphatic heterocycles. The number of nitrogens with one attached hydrogen (secondary N) is 1. The van der Waals surface area contributed by atoms with Crippen LogP contribution in [0, 0.1) is 5.82 Å². The lowest BCUT2D eigenvalue weighted by Gasteiger charge is -2.32. The average Bonchev–Trinajstić information content (AvgIpc) is 2.99. The first-order valence-electron chi connectivity index (χ1n) is 13.3. The molecule has 0 saturated carbocycles. The van der Waals surface area contributed by atoms with Gasteiger partial charge in [-0.05, 0) is 67.4 Å². The third kappa shape index (κ3) is 8.13. The Morgan fingerprint density at radius 3 is 2.21 bits per heavy atom. The minimum absolute atomic E-state index is 0.0493. The number of methoxy groups -OCH3 is 2. The summed E-state index contributed by atoms with van der Waals surface area (Å²) in [4.78, 5) is 28.1. The molecule has 1 unspecified atom stereocenters. The number of rotatable bonds is 14. The molecule has 226 valence electrons. The van der Waals surface area contributed by atoms with Crippen LogP contribution in [-0.4, -0.2) is 58.5 Å². The van der Waals surface area contributed by atoms with Crippen LogP contribution in [0.5, 0.6) is 11.5 Å². The van der Waals surface area contributed by atoms with Crippen molar-refractivity contribution in [2.75, 3.05) is 31.6 Å². The van der Waals surface area contributed by atoms with E-state index in [9.17, 15) is 22.4 Å². The van der Waals surface area contributed by atoms with E-state index in [1.807, 2.05) is 6.92 Å². The lowest BCUT2D eigenvalue weighted by molar-refractivity contribution is -0.139. The number of hydrogen-bond acceptors (Lipinski definition) is 6. The molecule has 9 nitrogen and oxygen atoms in total. The van der Waals surface area contributed by atoms with Gasteiger partial charge in [0.2, 0.25) is 11.8 Å². The molecule has 0 heterocycles. The first-order valence-corrected chi connectivity index (χ1v) is 15.2. The molecule has 0 saturated heterocycles. The van der Waals surface area contributed by atoms with Gasteiger partial charge in [0, 0.05) is 24.2 Å². The van der Waals surface area contributed by atoms with Gasteiger partial charge in [-0.1, -0.05) is 37.1 Å². The van der Waals surface area contributed by atoms with Crippen LogP contribution in [-0.2, 0) is 26.2 Å². The number of carbonyl (C=O) groups excluding carboxylic acids is 2. The number of nitrogens with zero attached hydrogens (tertiary/aromatic N) is 2. The molecular weight excluding hydrogens is 585 g/mol. The Bertz CT molecular complexity index is 1470. The van der Waals surface area contributed by atoms with Crippen molar-refractivity contribution in [1.29, 1.82) is 0 Å². The Hall–Kier alpha value is -3.83. The molecule has 12 heteroatoms. The van der Waals surface area contributed by atoms with Crippen LogP contribution < -0.4 is 19.1 Å². The van der Waals surface area contributed by atoms with Gasteiger partial charge in [-0.15, -0.1) is 0 Å². The highest BCUT2D eigenvalue weighted by molar-refractivity contribution is 7.92. The normalized spacial score (nSPS) is 11.9. The number of sulfonamides is 1. The van der Waals surface area contributed by atoms with E-state index in [2.05, 4.69) is 5.32 Å². The van der Waals surface area contributed by atoms with E-state index < -0.39 is 34.3 Å². The molecule has 0 bridgehead atoms. The van der Waals surface area contributed by atoms with Gasteiger partial charge >= 0.3 is 0 Å². The molecule has 0 aliphatic rings. The van der Waals surface area contributed by atoms with Gasteiger partial charge in [0.25, 0.3) is 10.0 Å². The second-order valence-corrected chi connectivity index (χ2v) is 11.8. The predicted molar refractivity (Wildman–Crippen MR) is 160 cm³/mol. The number of benzene rings is 3. The van der Waals surface area contributed by atoms with Crippen LogP contribution in [0.3, 0.4) is 0 Å². The number of hydrogen-bond donors (Lipinski definition) is 1. The van der Waals surface area contributed by atoms with E-state index in [1.165, 1.54) is 85.8 Å². The number of halogens is 2. The monoisotopic (exact) mass is 619 g/mol. The second-order valence-electron chi connectivity index (χ2n) is 9.47. The maximum atomic E-state index is 14.0.